The van der Waals surface area contributed by atoms with Gasteiger partial charge in [0.1, 0.15) is 6.61 Å². The van der Waals surface area contributed by atoms with Gasteiger partial charge in [-0.1, -0.05) is 54.6 Å². The number of carbonyl (C=O) groups excluding carboxylic acids is 5. The molecule has 1 unspecified atom stereocenters. The van der Waals surface area contributed by atoms with E-state index in [-0.39, 0.29) is 35.4 Å². The minimum atomic E-state index is -4.52. The summed E-state index contributed by atoms with van der Waals surface area (Å²) in [7, 11) is 4.46. The summed E-state index contributed by atoms with van der Waals surface area (Å²) in [5, 5.41) is 2.73. The number of halogens is 3. The normalized spacial score (nSPS) is 15.2. The van der Waals surface area contributed by atoms with Crippen molar-refractivity contribution in [3.8, 4) is 11.1 Å². The Hall–Kier alpha value is -5.98. The molecule has 0 fully saturated rings. The quantitative estimate of drug-likeness (QED) is 0.203. The summed E-state index contributed by atoms with van der Waals surface area (Å²) in [6, 6.07) is 21.7. The Labute approximate surface area is 291 Å². The number of alkyl halides is 3. The largest absolute Gasteiger partial charge is 0.464 e. The zero-order chi connectivity index (χ0) is 37.1. The highest BCUT2D eigenvalue weighted by atomic mass is 19.4. The van der Waals surface area contributed by atoms with Crippen LogP contribution >= 0.6 is 0 Å². The van der Waals surface area contributed by atoms with Crippen LogP contribution in [0.4, 0.5) is 18.9 Å². The lowest BCUT2D eigenvalue weighted by molar-refractivity contribution is -0.164. The molecule has 10 nitrogen and oxygen atoms in total. The summed E-state index contributed by atoms with van der Waals surface area (Å²) in [5.41, 5.74) is -0.431. The number of hydrogen-bond acceptors (Lipinski definition) is 7. The molecule has 13 heteroatoms. The molecule has 0 radical (unpaired) electrons. The van der Waals surface area contributed by atoms with Gasteiger partial charge in [0, 0.05) is 37.8 Å². The Morgan fingerprint density at radius 3 is 2.14 bits per heavy atom. The third kappa shape index (κ3) is 7.18. The Morgan fingerprint density at radius 2 is 1.49 bits per heavy atom. The van der Waals surface area contributed by atoms with Crippen LogP contribution in [0.15, 0.2) is 91.0 Å². The smallest absolute Gasteiger partial charge is 0.416 e. The number of benzene rings is 4. The first-order valence-electron chi connectivity index (χ1n) is 15.8. The molecule has 1 heterocycles. The van der Waals surface area contributed by atoms with Crippen LogP contribution in [-0.2, 0) is 37.2 Å². The van der Waals surface area contributed by atoms with Crippen molar-refractivity contribution in [2.75, 3.05) is 39.7 Å². The van der Waals surface area contributed by atoms with E-state index in [1.165, 1.54) is 67.3 Å². The first-order valence-corrected chi connectivity index (χ1v) is 15.8. The van der Waals surface area contributed by atoms with Crippen molar-refractivity contribution in [2.45, 2.75) is 25.1 Å². The molecular weight excluding hydrogens is 667 g/mol. The maximum atomic E-state index is 13.6. The van der Waals surface area contributed by atoms with Crippen LogP contribution < -0.4 is 5.32 Å². The SMILES string of the molecule is CCOC(=O)C1(COC(=O)Cc2ccc(NC(=O)c3ccccc3-c3ccc(C(F)(F)F)cc3)c(C(=O)N(C)C)c2)c2ccccc2C(=O)N1C. The van der Waals surface area contributed by atoms with Gasteiger partial charge >= 0.3 is 18.1 Å². The number of carbonyl (C=O) groups is 5. The van der Waals surface area contributed by atoms with Gasteiger partial charge < -0.3 is 24.6 Å². The number of nitrogens with one attached hydrogen (secondary N) is 1. The molecule has 0 bridgehead atoms. The maximum absolute atomic E-state index is 13.6. The fraction of sp³-hybridized carbons (Fsp3) is 0.237. The molecule has 0 aromatic heterocycles. The van der Waals surface area contributed by atoms with E-state index >= 15 is 0 Å². The number of nitrogens with zero attached hydrogens (tertiary/aromatic N) is 2. The molecule has 1 atom stereocenters. The standard InChI is InChI=1S/C38H34F3N3O7/c1-5-50-36(49)37(30-13-9-8-12-28(30)35(48)44(37)4)22-51-32(45)21-23-14-19-31(29(20-23)34(47)43(2)3)42-33(46)27-11-7-6-10-26(27)24-15-17-25(18-16-24)38(39,40)41/h6-20H,5,21-22H2,1-4H3,(H,42,46). The van der Waals surface area contributed by atoms with Gasteiger partial charge in [-0.05, 0) is 60.0 Å². The number of rotatable bonds is 10. The number of hydrogen-bond donors (Lipinski definition) is 1. The van der Waals surface area contributed by atoms with Crippen LogP contribution in [-0.4, -0.2) is 73.8 Å². The molecule has 1 aliphatic heterocycles. The second-order valence-corrected chi connectivity index (χ2v) is 12.0. The lowest BCUT2D eigenvalue weighted by Crippen LogP contribution is -2.52. The summed E-state index contributed by atoms with van der Waals surface area (Å²) >= 11 is 0. The second-order valence-electron chi connectivity index (χ2n) is 12.0. The highest BCUT2D eigenvalue weighted by molar-refractivity contribution is 6.12. The Balaban J connectivity index is 1.38. The third-order valence-corrected chi connectivity index (χ3v) is 8.55. The molecule has 4 aromatic carbocycles. The van der Waals surface area contributed by atoms with E-state index in [9.17, 15) is 37.1 Å². The van der Waals surface area contributed by atoms with Crippen LogP contribution in [0, 0.1) is 0 Å². The fourth-order valence-corrected chi connectivity index (χ4v) is 5.89. The molecule has 0 saturated heterocycles. The third-order valence-electron chi connectivity index (χ3n) is 8.55. The molecule has 1 aliphatic rings. The minimum absolute atomic E-state index is 0.0327. The molecule has 3 amide bonds. The zero-order valence-electron chi connectivity index (χ0n) is 28.2. The summed E-state index contributed by atoms with van der Waals surface area (Å²) in [6.07, 6.45) is -4.84. The van der Waals surface area contributed by atoms with Crippen molar-refractivity contribution in [3.05, 3.63) is 124 Å². The van der Waals surface area contributed by atoms with Crippen LogP contribution in [0.3, 0.4) is 0 Å². The number of likely N-dealkylation sites (N-methyl/N-ethyl adjacent to an activating group) is 1. The van der Waals surface area contributed by atoms with E-state index in [1.54, 1.807) is 49.4 Å². The highest BCUT2D eigenvalue weighted by Gasteiger charge is 2.55. The number of ether oxygens (including phenoxy) is 2. The maximum Gasteiger partial charge on any atom is 0.416 e. The zero-order valence-corrected chi connectivity index (χ0v) is 28.2. The lowest BCUT2D eigenvalue weighted by Gasteiger charge is -2.33. The molecule has 0 spiro atoms. The van der Waals surface area contributed by atoms with E-state index in [4.69, 9.17) is 9.47 Å². The average molecular weight is 702 g/mol. The monoisotopic (exact) mass is 701 g/mol. The summed E-state index contributed by atoms with van der Waals surface area (Å²) in [6.45, 7) is 1.14. The molecule has 4 aromatic rings. The minimum Gasteiger partial charge on any atom is -0.464 e. The van der Waals surface area contributed by atoms with Crippen molar-refractivity contribution in [1.29, 1.82) is 0 Å². The second kappa shape index (κ2) is 14.5. The number of esters is 2. The van der Waals surface area contributed by atoms with Crippen molar-refractivity contribution in [3.63, 3.8) is 0 Å². The Kier molecular flexibility index (Phi) is 10.3. The van der Waals surface area contributed by atoms with Gasteiger partial charge in [-0.3, -0.25) is 19.2 Å². The molecule has 5 rings (SSSR count). The van der Waals surface area contributed by atoms with E-state index in [0.717, 1.165) is 12.1 Å². The number of fused-ring (bicyclic) bond motifs is 1. The van der Waals surface area contributed by atoms with Crippen LogP contribution in [0.2, 0.25) is 0 Å². The van der Waals surface area contributed by atoms with Gasteiger partial charge in [-0.2, -0.15) is 13.2 Å². The predicted octanol–water partition coefficient (Wildman–Crippen LogP) is 5.96. The fourth-order valence-electron chi connectivity index (χ4n) is 5.89. The predicted molar refractivity (Wildman–Crippen MR) is 181 cm³/mol. The van der Waals surface area contributed by atoms with Gasteiger partial charge in [0.2, 0.25) is 5.54 Å². The van der Waals surface area contributed by atoms with Crippen LogP contribution in [0.25, 0.3) is 11.1 Å². The number of amides is 3. The topological polar surface area (TPSA) is 122 Å². The average Bonchev–Trinajstić information content (AvgIpc) is 3.33. The Bertz CT molecular complexity index is 2010. The molecule has 264 valence electrons. The van der Waals surface area contributed by atoms with E-state index in [1.807, 2.05) is 0 Å². The van der Waals surface area contributed by atoms with E-state index < -0.39 is 53.5 Å². The van der Waals surface area contributed by atoms with Gasteiger partial charge in [0.25, 0.3) is 17.7 Å². The summed E-state index contributed by atoms with van der Waals surface area (Å²) in [5.74, 6) is -3.04. The molecule has 0 saturated carbocycles. The summed E-state index contributed by atoms with van der Waals surface area (Å²) in [4.78, 5) is 68.8. The van der Waals surface area contributed by atoms with Gasteiger partial charge in [-0.15, -0.1) is 0 Å². The highest BCUT2D eigenvalue weighted by Crippen LogP contribution is 2.40. The van der Waals surface area contributed by atoms with Crippen LogP contribution in [0.1, 0.15) is 54.7 Å². The first-order chi connectivity index (χ1) is 24.2. The molecule has 0 aliphatic carbocycles. The van der Waals surface area contributed by atoms with Crippen molar-refractivity contribution in [1.82, 2.24) is 9.80 Å². The van der Waals surface area contributed by atoms with Gasteiger partial charge in [-0.25, -0.2) is 4.79 Å². The lowest BCUT2D eigenvalue weighted by atomic mass is 9.90. The summed E-state index contributed by atoms with van der Waals surface area (Å²) < 4.78 is 50.3. The van der Waals surface area contributed by atoms with E-state index in [0.29, 0.717) is 22.3 Å². The van der Waals surface area contributed by atoms with Crippen molar-refractivity contribution < 1.29 is 46.6 Å². The molecule has 1 N–H and O–H groups in total. The van der Waals surface area contributed by atoms with Crippen LogP contribution in [0.5, 0.6) is 0 Å². The molecular formula is C38H34F3N3O7. The van der Waals surface area contributed by atoms with Crippen molar-refractivity contribution >= 4 is 35.3 Å². The number of anilines is 1. The van der Waals surface area contributed by atoms with Gasteiger partial charge in [0.05, 0.1) is 29.8 Å². The van der Waals surface area contributed by atoms with E-state index in [2.05, 4.69) is 5.32 Å². The van der Waals surface area contributed by atoms with Crippen molar-refractivity contribution in [2.24, 2.45) is 0 Å². The van der Waals surface area contributed by atoms with Gasteiger partial charge in [0.15, 0.2) is 0 Å². The Morgan fingerprint density at radius 1 is 0.843 bits per heavy atom. The first kappa shape index (κ1) is 36.3. The molecule has 51 heavy (non-hydrogen) atoms.